The summed E-state index contributed by atoms with van der Waals surface area (Å²) in [5, 5.41) is 10.0. The van der Waals surface area contributed by atoms with Gasteiger partial charge in [0, 0.05) is 49.6 Å². The normalized spacial score (nSPS) is 17.9. The highest BCUT2D eigenvalue weighted by Gasteiger charge is 2.37. The summed E-state index contributed by atoms with van der Waals surface area (Å²) < 4.78 is 29.4. The van der Waals surface area contributed by atoms with Crippen LogP contribution in [0.5, 0.6) is 23.0 Å². The number of morpholine rings is 1. The van der Waals surface area contributed by atoms with Gasteiger partial charge in [0.05, 0.1) is 46.0 Å². The molecule has 186 valence electrons. The lowest BCUT2D eigenvalue weighted by molar-refractivity contribution is 0.0362. The number of fused-ring (bicyclic) bond motifs is 1. The van der Waals surface area contributed by atoms with Crippen LogP contribution in [-0.4, -0.2) is 63.6 Å². The second-order valence-electron chi connectivity index (χ2n) is 8.35. The molecule has 1 saturated heterocycles. The third-order valence-electron chi connectivity index (χ3n) is 6.48. The maximum Gasteiger partial charge on any atom is 0.258 e. The first-order chi connectivity index (χ1) is 16.9. The van der Waals surface area contributed by atoms with E-state index in [1.54, 1.807) is 22.8 Å². The number of pyridine rings is 1. The van der Waals surface area contributed by atoms with Crippen molar-refractivity contribution >= 4 is 0 Å². The minimum Gasteiger partial charge on any atom is -0.496 e. The topological polar surface area (TPSA) is 121 Å². The van der Waals surface area contributed by atoms with E-state index < -0.39 is 5.92 Å². The summed E-state index contributed by atoms with van der Waals surface area (Å²) in [7, 11) is 4.55. The van der Waals surface area contributed by atoms with Crippen LogP contribution in [0, 0.1) is 18.3 Å². The maximum absolute atomic E-state index is 13.9. The molecule has 0 amide bonds. The zero-order valence-corrected chi connectivity index (χ0v) is 20.4. The zero-order valence-electron chi connectivity index (χ0n) is 20.4. The Morgan fingerprint density at radius 3 is 2.34 bits per heavy atom. The molecule has 1 aromatic carbocycles. The molecule has 2 aromatic rings. The number of aryl methyl sites for hydroxylation is 1. The Labute approximate surface area is 204 Å². The second kappa shape index (κ2) is 10.3. The van der Waals surface area contributed by atoms with Crippen molar-refractivity contribution in [2.45, 2.75) is 19.4 Å². The van der Waals surface area contributed by atoms with Gasteiger partial charge in [0.25, 0.3) is 5.56 Å². The number of nitriles is 1. The summed E-state index contributed by atoms with van der Waals surface area (Å²) in [5.74, 6) is 0.803. The lowest BCUT2D eigenvalue weighted by atomic mass is 9.83. The fourth-order valence-corrected chi connectivity index (χ4v) is 4.62. The SMILES string of the molecule is COc1cc(OC)c(C2C(C#N)=C(N)Oc3cc(C)n(CCN4CCOCC4)c(=O)c32)cc1OC. The van der Waals surface area contributed by atoms with E-state index in [0.29, 0.717) is 60.4 Å². The minimum atomic E-state index is -0.804. The number of methoxy groups -OCH3 is 3. The Hall–Kier alpha value is -3.68. The van der Waals surface area contributed by atoms with Crippen molar-refractivity contribution in [1.82, 2.24) is 9.47 Å². The van der Waals surface area contributed by atoms with Crippen molar-refractivity contribution in [1.29, 1.82) is 5.26 Å². The molecule has 0 radical (unpaired) electrons. The first-order valence-electron chi connectivity index (χ1n) is 11.3. The van der Waals surface area contributed by atoms with Gasteiger partial charge in [0.2, 0.25) is 5.88 Å². The van der Waals surface area contributed by atoms with Gasteiger partial charge in [-0.2, -0.15) is 5.26 Å². The molecule has 1 aromatic heterocycles. The smallest absolute Gasteiger partial charge is 0.258 e. The van der Waals surface area contributed by atoms with Crippen molar-refractivity contribution < 1.29 is 23.7 Å². The van der Waals surface area contributed by atoms with E-state index in [1.165, 1.54) is 21.3 Å². The van der Waals surface area contributed by atoms with Gasteiger partial charge in [-0.1, -0.05) is 0 Å². The molecule has 0 aliphatic carbocycles. The highest BCUT2D eigenvalue weighted by Crippen LogP contribution is 2.46. The third kappa shape index (κ3) is 4.52. The quantitative estimate of drug-likeness (QED) is 0.629. The monoisotopic (exact) mass is 482 g/mol. The Bertz CT molecular complexity index is 1240. The molecule has 10 nitrogen and oxygen atoms in total. The number of aromatic nitrogens is 1. The van der Waals surface area contributed by atoms with Gasteiger partial charge >= 0.3 is 0 Å². The summed E-state index contributed by atoms with van der Waals surface area (Å²) in [6.45, 7) is 6.07. The van der Waals surface area contributed by atoms with Crippen LogP contribution in [0.25, 0.3) is 0 Å². The van der Waals surface area contributed by atoms with E-state index in [2.05, 4.69) is 11.0 Å². The summed E-state index contributed by atoms with van der Waals surface area (Å²) in [6, 6.07) is 7.30. The fraction of sp³-hybridized carbons (Fsp3) is 0.440. The molecule has 3 heterocycles. The van der Waals surface area contributed by atoms with E-state index in [0.717, 1.165) is 18.8 Å². The molecule has 2 aliphatic heterocycles. The van der Waals surface area contributed by atoms with Crippen LogP contribution >= 0.6 is 0 Å². The highest BCUT2D eigenvalue weighted by atomic mass is 16.5. The van der Waals surface area contributed by atoms with E-state index >= 15 is 0 Å². The highest BCUT2D eigenvalue weighted by molar-refractivity contribution is 5.61. The zero-order chi connectivity index (χ0) is 25.1. The molecule has 2 N–H and O–H groups in total. The number of nitrogens with two attached hydrogens (primary N) is 1. The molecule has 0 spiro atoms. The molecule has 0 bridgehead atoms. The molecule has 0 saturated carbocycles. The number of rotatable bonds is 7. The Balaban J connectivity index is 1.87. The van der Waals surface area contributed by atoms with Crippen molar-refractivity contribution in [2.24, 2.45) is 5.73 Å². The predicted molar refractivity (Wildman–Crippen MR) is 128 cm³/mol. The number of hydrogen-bond donors (Lipinski definition) is 1. The number of ether oxygens (including phenoxy) is 5. The van der Waals surface area contributed by atoms with E-state index in [1.807, 2.05) is 6.92 Å². The summed E-state index contributed by atoms with van der Waals surface area (Å²) >= 11 is 0. The molecule has 1 fully saturated rings. The van der Waals surface area contributed by atoms with Crippen LogP contribution in [-0.2, 0) is 11.3 Å². The van der Waals surface area contributed by atoms with Crippen LogP contribution in [0.4, 0.5) is 0 Å². The van der Waals surface area contributed by atoms with Gasteiger partial charge in [0.15, 0.2) is 11.5 Å². The molecule has 35 heavy (non-hydrogen) atoms. The van der Waals surface area contributed by atoms with Crippen LogP contribution < -0.4 is 30.2 Å². The largest absolute Gasteiger partial charge is 0.496 e. The van der Waals surface area contributed by atoms with Gasteiger partial charge < -0.3 is 34.0 Å². The number of nitrogens with zero attached hydrogens (tertiary/aromatic N) is 3. The van der Waals surface area contributed by atoms with Crippen molar-refractivity contribution in [3.05, 3.63) is 56.8 Å². The van der Waals surface area contributed by atoms with Crippen LogP contribution in [0.15, 0.2) is 34.4 Å². The number of hydrogen-bond acceptors (Lipinski definition) is 9. The lowest BCUT2D eigenvalue weighted by Crippen LogP contribution is -2.40. The first-order valence-corrected chi connectivity index (χ1v) is 11.3. The van der Waals surface area contributed by atoms with Crippen molar-refractivity contribution in [3.63, 3.8) is 0 Å². The maximum atomic E-state index is 13.9. The molecule has 2 aliphatic rings. The lowest BCUT2D eigenvalue weighted by Gasteiger charge is -2.30. The summed E-state index contributed by atoms with van der Waals surface area (Å²) in [4.78, 5) is 16.2. The van der Waals surface area contributed by atoms with Gasteiger partial charge in [-0.3, -0.25) is 9.69 Å². The molecule has 1 atom stereocenters. The average molecular weight is 483 g/mol. The minimum absolute atomic E-state index is 0.0493. The van der Waals surface area contributed by atoms with Crippen LogP contribution in [0.3, 0.4) is 0 Å². The van der Waals surface area contributed by atoms with Gasteiger partial charge in [-0.25, -0.2) is 0 Å². The molecule has 1 unspecified atom stereocenters. The van der Waals surface area contributed by atoms with E-state index in [4.69, 9.17) is 29.4 Å². The van der Waals surface area contributed by atoms with Crippen LogP contribution in [0.1, 0.15) is 22.7 Å². The van der Waals surface area contributed by atoms with Gasteiger partial charge in [0.1, 0.15) is 23.1 Å². The standard InChI is InChI=1S/C25H30N4O6/c1-15-11-21-23(25(30)29(15)6-5-28-7-9-34-10-8-28)22(17(14-26)24(27)35-21)16-12-19(32-3)20(33-4)13-18(16)31-2/h11-13,22H,5-10,27H2,1-4H3. The Morgan fingerprint density at radius 2 is 1.71 bits per heavy atom. The van der Waals surface area contributed by atoms with Gasteiger partial charge in [-0.15, -0.1) is 0 Å². The number of benzene rings is 1. The Morgan fingerprint density at radius 1 is 1.06 bits per heavy atom. The molecular formula is C25H30N4O6. The average Bonchev–Trinajstić information content (AvgIpc) is 2.87. The molecular weight excluding hydrogens is 452 g/mol. The van der Waals surface area contributed by atoms with Crippen LogP contribution in [0.2, 0.25) is 0 Å². The summed E-state index contributed by atoms with van der Waals surface area (Å²) in [6.07, 6.45) is 0. The first kappa shape index (κ1) is 24.4. The van der Waals surface area contributed by atoms with E-state index in [9.17, 15) is 10.1 Å². The number of allylic oxidation sites excluding steroid dienone is 1. The molecule has 4 rings (SSSR count). The van der Waals surface area contributed by atoms with E-state index in [-0.39, 0.29) is 17.0 Å². The second-order valence-corrected chi connectivity index (χ2v) is 8.35. The summed E-state index contributed by atoms with van der Waals surface area (Å²) in [5.41, 5.74) is 7.67. The predicted octanol–water partition coefficient (Wildman–Crippen LogP) is 1.73. The van der Waals surface area contributed by atoms with Gasteiger partial charge in [-0.05, 0) is 13.0 Å². The molecule has 10 heteroatoms. The van der Waals surface area contributed by atoms with Crippen molar-refractivity contribution in [3.8, 4) is 29.1 Å². The third-order valence-corrected chi connectivity index (χ3v) is 6.48. The van der Waals surface area contributed by atoms with Crippen molar-refractivity contribution in [2.75, 3.05) is 54.2 Å². The Kier molecular flexibility index (Phi) is 7.19. The fourth-order valence-electron chi connectivity index (χ4n) is 4.62.